The summed E-state index contributed by atoms with van der Waals surface area (Å²) in [7, 11) is 0. The van der Waals surface area contributed by atoms with Gasteiger partial charge in [-0.3, -0.25) is 9.78 Å². The lowest BCUT2D eigenvalue weighted by atomic mass is 10.1. The van der Waals surface area contributed by atoms with E-state index in [1.165, 1.54) is 0 Å². The minimum absolute atomic E-state index is 0.00422. The van der Waals surface area contributed by atoms with Gasteiger partial charge in [-0.2, -0.15) is 0 Å². The second-order valence-corrected chi connectivity index (χ2v) is 5.43. The average molecular weight is 297 g/mol. The predicted octanol–water partition coefficient (Wildman–Crippen LogP) is 2.29. The summed E-state index contributed by atoms with van der Waals surface area (Å²) in [5.74, 6) is 1.56. The van der Waals surface area contributed by atoms with Crippen molar-refractivity contribution in [3.05, 3.63) is 54.4 Å². The molecule has 5 nitrogen and oxygen atoms in total. The number of nitrogens with two attached hydrogens (primary N) is 1. The monoisotopic (exact) mass is 297 g/mol. The second-order valence-electron chi connectivity index (χ2n) is 5.43. The van der Waals surface area contributed by atoms with Crippen LogP contribution in [-0.2, 0) is 0 Å². The summed E-state index contributed by atoms with van der Waals surface area (Å²) in [6, 6.07) is 10.9. The van der Waals surface area contributed by atoms with E-state index in [9.17, 15) is 4.79 Å². The lowest BCUT2D eigenvalue weighted by Gasteiger charge is -2.18. The van der Waals surface area contributed by atoms with E-state index < -0.39 is 0 Å². The van der Waals surface area contributed by atoms with Crippen LogP contribution in [0.25, 0.3) is 0 Å². The van der Waals surface area contributed by atoms with E-state index in [1.807, 2.05) is 23.1 Å². The highest BCUT2D eigenvalue weighted by atomic mass is 16.5. The number of para-hydroxylation sites is 1. The summed E-state index contributed by atoms with van der Waals surface area (Å²) in [6.07, 6.45) is 4.27. The Morgan fingerprint density at radius 3 is 2.91 bits per heavy atom. The minimum atomic E-state index is -0.00422. The van der Waals surface area contributed by atoms with Crippen LogP contribution in [0.1, 0.15) is 16.8 Å². The Hall–Kier alpha value is -2.40. The molecule has 114 valence electrons. The molecular weight excluding hydrogens is 278 g/mol. The number of likely N-dealkylation sites (tertiary alicyclic amines) is 1. The molecule has 1 amide bonds. The zero-order valence-corrected chi connectivity index (χ0v) is 12.3. The Morgan fingerprint density at radius 1 is 1.32 bits per heavy atom. The molecule has 1 aromatic carbocycles. The Labute approximate surface area is 129 Å². The maximum Gasteiger partial charge on any atom is 0.257 e. The summed E-state index contributed by atoms with van der Waals surface area (Å²) in [6.45, 7) is 2.09. The third-order valence-electron chi connectivity index (χ3n) is 3.89. The van der Waals surface area contributed by atoms with Crippen LogP contribution in [0.4, 0.5) is 0 Å². The van der Waals surface area contributed by atoms with Gasteiger partial charge in [-0.15, -0.1) is 0 Å². The van der Waals surface area contributed by atoms with E-state index in [2.05, 4.69) is 4.98 Å². The van der Waals surface area contributed by atoms with Crippen LogP contribution in [0.3, 0.4) is 0 Å². The van der Waals surface area contributed by atoms with E-state index in [1.54, 1.807) is 30.6 Å². The number of carbonyl (C=O) groups is 1. The number of nitrogens with zero attached hydrogens (tertiary/aromatic N) is 2. The van der Waals surface area contributed by atoms with Crippen molar-refractivity contribution in [2.75, 3.05) is 19.6 Å². The smallest absolute Gasteiger partial charge is 0.257 e. The lowest BCUT2D eigenvalue weighted by Crippen LogP contribution is -2.30. The summed E-state index contributed by atoms with van der Waals surface area (Å²) < 4.78 is 5.81. The van der Waals surface area contributed by atoms with Crippen LogP contribution >= 0.6 is 0 Å². The normalized spacial score (nSPS) is 17.5. The highest BCUT2D eigenvalue weighted by molar-refractivity contribution is 5.97. The summed E-state index contributed by atoms with van der Waals surface area (Å²) in [5, 5.41) is 0. The van der Waals surface area contributed by atoms with Crippen molar-refractivity contribution in [2.45, 2.75) is 6.42 Å². The fraction of sp³-hybridized carbons (Fsp3) is 0.294. The van der Waals surface area contributed by atoms with Crippen LogP contribution < -0.4 is 10.5 Å². The van der Waals surface area contributed by atoms with Gasteiger partial charge < -0.3 is 15.4 Å². The van der Waals surface area contributed by atoms with E-state index in [-0.39, 0.29) is 5.91 Å². The quantitative estimate of drug-likeness (QED) is 0.940. The van der Waals surface area contributed by atoms with E-state index in [4.69, 9.17) is 10.5 Å². The number of pyridine rings is 1. The molecule has 0 spiro atoms. The topological polar surface area (TPSA) is 68.5 Å². The maximum atomic E-state index is 12.7. The summed E-state index contributed by atoms with van der Waals surface area (Å²) >= 11 is 0. The van der Waals surface area contributed by atoms with Gasteiger partial charge in [0, 0.05) is 19.3 Å². The minimum Gasteiger partial charge on any atom is -0.455 e. The molecule has 0 radical (unpaired) electrons. The van der Waals surface area contributed by atoms with Gasteiger partial charge in [0.2, 0.25) is 0 Å². The molecular formula is C17H19N3O2. The molecule has 2 N–H and O–H groups in total. The van der Waals surface area contributed by atoms with Gasteiger partial charge in [0.15, 0.2) is 0 Å². The predicted molar refractivity (Wildman–Crippen MR) is 83.8 cm³/mol. The molecule has 1 aliphatic rings. The number of aromatic nitrogens is 1. The third-order valence-corrected chi connectivity index (χ3v) is 3.89. The van der Waals surface area contributed by atoms with Crippen molar-refractivity contribution in [3.63, 3.8) is 0 Å². The molecule has 0 saturated carbocycles. The molecule has 1 atom stereocenters. The molecule has 2 heterocycles. The van der Waals surface area contributed by atoms with Crippen molar-refractivity contribution < 1.29 is 9.53 Å². The number of benzene rings is 1. The molecule has 5 heteroatoms. The first-order valence-electron chi connectivity index (χ1n) is 7.44. The first kappa shape index (κ1) is 14.5. The van der Waals surface area contributed by atoms with E-state index in [0.29, 0.717) is 29.5 Å². The third kappa shape index (κ3) is 3.09. The maximum absolute atomic E-state index is 12.7. The van der Waals surface area contributed by atoms with Crippen molar-refractivity contribution in [2.24, 2.45) is 11.7 Å². The Morgan fingerprint density at radius 2 is 2.18 bits per heavy atom. The van der Waals surface area contributed by atoms with Gasteiger partial charge in [0.1, 0.15) is 11.5 Å². The van der Waals surface area contributed by atoms with Crippen LogP contribution in [0, 0.1) is 5.92 Å². The van der Waals surface area contributed by atoms with E-state index in [0.717, 1.165) is 19.5 Å². The van der Waals surface area contributed by atoms with Crippen molar-refractivity contribution in [3.8, 4) is 11.5 Å². The fourth-order valence-electron chi connectivity index (χ4n) is 2.65. The standard InChI is InChI=1S/C17H19N3O2/c18-10-13-7-9-20(12-13)17(21)15-5-1-2-6-16(15)22-14-4-3-8-19-11-14/h1-6,8,11,13H,7,9-10,12,18H2/t13-/m1/s1. The van der Waals surface area contributed by atoms with Gasteiger partial charge in [-0.25, -0.2) is 0 Å². The van der Waals surface area contributed by atoms with Gasteiger partial charge in [-0.1, -0.05) is 12.1 Å². The Bertz CT molecular complexity index is 645. The van der Waals surface area contributed by atoms with E-state index >= 15 is 0 Å². The van der Waals surface area contributed by atoms with Crippen LogP contribution in [0.2, 0.25) is 0 Å². The van der Waals surface area contributed by atoms with Gasteiger partial charge in [0.25, 0.3) is 5.91 Å². The molecule has 22 heavy (non-hydrogen) atoms. The van der Waals surface area contributed by atoms with Gasteiger partial charge >= 0.3 is 0 Å². The zero-order valence-electron chi connectivity index (χ0n) is 12.3. The van der Waals surface area contributed by atoms with Gasteiger partial charge in [-0.05, 0) is 43.1 Å². The molecule has 0 unspecified atom stereocenters. The number of amides is 1. The number of ether oxygens (including phenoxy) is 1. The number of hydrogen-bond donors (Lipinski definition) is 1. The highest BCUT2D eigenvalue weighted by Gasteiger charge is 2.27. The number of hydrogen-bond acceptors (Lipinski definition) is 4. The highest BCUT2D eigenvalue weighted by Crippen LogP contribution is 2.27. The Balaban J connectivity index is 1.80. The molecule has 2 aromatic rings. The Kier molecular flexibility index (Phi) is 4.34. The molecule has 1 aromatic heterocycles. The van der Waals surface area contributed by atoms with Crippen molar-refractivity contribution in [1.29, 1.82) is 0 Å². The summed E-state index contributed by atoms with van der Waals surface area (Å²) in [5.41, 5.74) is 6.27. The number of rotatable bonds is 4. The first-order valence-corrected chi connectivity index (χ1v) is 7.44. The average Bonchev–Trinajstić information content (AvgIpc) is 3.05. The molecule has 1 fully saturated rings. The van der Waals surface area contributed by atoms with Crippen molar-refractivity contribution >= 4 is 5.91 Å². The largest absolute Gasteiger partial charge is 0.455 e. The molecule has 1 aliphatic heterocycles. The first-order chi connectivity index (χ1) is 10.8. The van der Waals surface area contributed by atoms with Crippen LogP contribution in [0.15, 0.2) is 48.8 Å². The SMILES string of the molecule is NC[C@H]1CCN(C(=O)c2ccccc2Oc2cccnc2)C1. The zero-order chi connectivity index (χ0) is 15.4. The molecule has 1 saturated heterocycles. The lowest BCUT2D eigenvalue weighted by molar-refractivity contribution is 0.0785. The van der Waals surface area contributed by atoms with Crippen molar-refractivity contribution in [1.82, 2.24) is 9.88 Å². The molecule has 0 aliphatic carbocycles. The second kappa shape index (κ2) is 6.58. The molecule has 3 rings (SSSR count). The summed E-state index contributed by atoms with van der Waals surface area (Å²) in [4.78, 5) is 18.6. The number of carbonyl (C=O) groups excluding carboxylic acids is 1. The van der Waals surface area contributed by atoms with Crippen LogP contribution in [0.5, 0.6) is 11.5 Å². The molecule has 0 bridgehead atoms. The van der Waals surface area contributed by atoms with Gasteiger partial charge in [0.05, 0.1) is 11.8 Å². The van der Waals surface area contributed by atoms with Crippen LogP contribution in [-0.4, -0.2) is 35.4 Å². The fourth-order valence-corrected chi connectivity index (χ4v) is 2.65.